The standard InChI is InChI=1S/C8H12BrN3O2/c1-6-5-7(12-14-6)11-8(13)10-4-2-3-9/h5H,2-4H2,1H3,(H2,10,11,12,13). The van der Waals surface area contributed by atoms with E-state index in [0.717, 1.165) is 11.8 Å². The third-order valence-corrected chi connectivity index (χ3v) is 2.03. The van der Waals surface area contributed by atoms with E-state index in [-0.39, 0.29) is 6.03 Å². The van der Waals surface area contributed by atoms with E-state index in [1.54, 1.807) is 13.0 Å². The Morgan fingerprint density at radius 1 is 1.71 bits per heavy atom. The number of hydrogen-bond acceptors (Lipinski definition) is 3. The molecule has 0 aliphatic carbocycles. The molecule has 6 heteroatoms. The number of rotatable bonds is 4. The van der Waals surface area contributed by atoms with E-state index < -0.39 is 0 Å². The zero-order valence-electron chi connectivity index (χ0n) is 7.84. The molecule has 0 aliphatic heterocycles. The van der Waals surface area contributed by atoms with Gasteiger partial charge in [-0.05, 0) is 13.3 Å². The van der Waals surface area contributed by atoms with Crippen molar-refractivity contribution in [2.45, 2.75) is 13.3 Å². The van der Waals surface area contributed by atoms with Gasteiger partial charge in [-0.25, -0.2) is 4.79 Å². The number of amides is 2. The monoisotopic (exact) mass is 261 g/mol. The number of aryl methyl sites for hydroxylation is 1. The van der Waals surface area contributed by atoms with Crippen molar-refractivity contribution >= 4 is 27.8 Å². The minimum absolute atomic E-state index is 0.265. The maximum atomic E-state index is 11.2. The van der Waals surface area contributed by atoms with Crippen LogP contribution in [0.15, 0.2) is 10.6 Å². The van der Waals surface area contributed by atoms with Crippen molar-refractivity contribution in [3.05, 3.63) is 11.8 Å². The smallest absolute Gasteiger partial charge is 0.320 e. The summed E-state index contributed by atoms with van der Waals surface area (Å²) >= 11 is 3.27. The molecule has 1 rings (SSSR count). The summed E-state index contributed by atoms with van der Waals surface area (Å²) < 4.78 is 4.79. The van der Waals surface area contributed by atoms with E-state index in [1.807, 2.05) is 0 Å². The highest BCUT2D eigenvalue weighted by atomic mass is 79.9. The molecule has 1 heterocycles. The summed E-state index contributed by atoms with van der Waals surface area (Å²) in [6.45, 7) is 2.40. The SMILES string of the molecule is Cc1cc(NC(=O)NCCCBr)no1. The number of hydrogen-bond donors (Lipinski definition) is 2. The van der Waals surface area contributed by atoms with Gasteiger partial charge in [0.25, 0.3) is 0 Å². The number of urea groups is 1. The van der Waals surface area contributed by atoms with Gasteiger partial charge in [-0.3, -0.25) is 5.32 Å². The van der Waals surface area contributed by atoms with Crippen LogP contribution < -0.4 is 10.6 Å². The minimum atomic E-state index is -0.265. The van der Waals surface area contributed by atoms with Crippen molar-refractivity contribution in [3.8, 4) is 0 Å². The van der Waals surface area contributed by atoms with Gasteiger partial charge >= 0.3 is 6.03 Å². The number of anilines is 1. The summed E-state index contributed by atoms with van der Waals surface area (Å²) in [5.74, 6) is 1.10. The number of halogens is 1. The average Bonchev–Trinajstić information content (AvgIpc) is 2.52. The summed E-state index contributed by atoms with van der Waals surface area (Å²) in [6, 6.07) is 1.39. The molecule has 0 saturated carbocycles. The van der Waals surface area contributed by atoms with Crippen molar-refractivity contribution in [2.75, 3.05) is 17.2 Å². The fourth-order valence-corrected chi connectivity index (χ4v) is 1.13. The first kappa shape index (κ1) is 11.0. The Balaban J connectivity index is 2.27. The third kappa shape index (κ3) is 3.78. The molecule has 0 fully saturated rings. The first-order valence-corrected chi connectivity index (χ1v) is 5.38. The summed E-state index contributed by atoms with van der Waals surface area (Å²) in [5.41, 5.74) is 0. The molecule has 0 aromatic carbocycles. The molecular weight excluding hydrogens is 250 g/mol. The molecule has 1 aromatic heterocycles. The van der Waals surface area contributed by atoms with Crippen molar-refractivity contribution in [1.29, 1.82) is 0 Å². The molecule has 0 atom stereocenters. The van der Waals surface area contributed by atoms with E-state index in [4.69, 9.17) is 4.52 Å². The summed E-state index contributed by atoms with van der Waals surface area (Å²) in [4.78, 5) is 11.2. The lowest BCUT2D eigenvalue weighted by atomic mass is 10.5. The van der Waals surface area contributed by atoms with Crippen LogP contribution in [0.3, 0.4) is 0 Å². The van der Waals surface area contributed by atoms with Crippen LogP contribution in [-0.4, -0.2) is 23.1 Å². The highest BCUT2D eigenvalue weighted by molar-refractivity contribution is 9.09. The Labute approximate surface area is 90.4 Å². The van der Waals surface area contributed by atoms with Crippen LogP contribution >= 0.6 is 15.9 Å². The van der Waals surface area contributed by atoms with Gasteiger partial charge in [-0.1, -0.05) is 21.1 Å². The molecule has 0 spiro atoms. The van der Waals surface area contributed by atoms with Crippen LogP contribution in [0.5, 0.6) is 0 Å². The molecule has 0 aliphatic rings. The molecule has 0 bridgehead atoms. The Bertz CT molecular complexity index is 301. The zero-order chi connectivity index (χ0) is 10.4. The normalized spacial score (nSPS) is 9.86. The third-order valence-electron chi connectivity index (χ3n) is 1.47. The predicted octanol–water partition coefficient (Wildman–Crippen LogP) is 1.89. The summed E-state index contributed by atoms with van der Waals surface area (Å²) in [5, 5.41) is 9.73. The molecule has 78 valence electrons. The van der Waals surface area contributed by atoms with E-state index in [1.165, 1.54) is 0 Å². The van der Waals surface area contributed by atoms with Crippen molar-refractivity contribution in [2.24, 2.45) is 0 Å². The highest BCUT2D eigenvalue weighted by Gasteiger charge is 2.04. The van der Waals surface area contributed by atoms with Crippen LogP contribution in [-0.2, 0) is 0 Å². The van der Waals surface area contributed by atoms with Crippen LogP contribution in [0, 0.1) is 6.92 Å². The van der Waals surface area contributed by atoms with E-state index in [2.05, 4.69) is 31.7 Å². The number of nitrogens with zero attached hydrogens (tertiary/aromatic N) is 1. The molecule has 0 radical (unpaired) electrons. The molecular formula is C8H12BrN3O2. The Morgan fingerprint density at radius 3 is 3.07 bits per heavy atom. The number of carbonyl (C=O) groups excluding carboxylic acids is 1. The molecule has 14 heavy (non-hydrogen) atoms. The highest BCUT2D eigenvalue weighted by Crippen LogP contribution is 2.06. The first-order valence-electron chi connectivity index (χ1n) is 4.26. The molecule has 0 saturated heterocycles. The lowest BCUT2D eigenvalue weighted by molar-refractivity contribution is 0.252. The second kappa shape index (κ2) is 5.64. The first-order chi connectivity index (χ1) is 6.72. The van der Waals surface area contributed by atoms with Gasteiger partial charge in [0.2, 0.25) is 0 Å². The van der Waals surface area contributed by atoms with Gasteiger partial charge in [0.05, 0.1) is 0 Å². The molecule has 0 unspecified atom stereocenters. The second-order valence-electron chi connectivity index (χ2n) is 2.75. The van der Waals surface area contributed by atoms with Crippen LogP contribution in [0.25, 0.3) is 0 Å². The Hall–Kier alpha value is -1.04. The fourth-order valence-electron chi connectivity index (χ4n) is 0.855. The number of alkyl halides is 1. The summed E-state index contributed by atoms with van der Waals surface area (Å²) in [7, 11) is 0. The van der Waals surface area contributed by atoms with E-state index >= 15 is 0 Å². The maximum Gasteiger partial charge on any atom is 0.320 e. The minimum Gasteiger partial charge on any atom is -0.360 e. The second-order valence-corrected chi connectivity index (χ2v) is 3.54. The topological polar surface area (TPSA) is 67.2 Å². The van der Waals surface area contributed by atoms with Gasteiger partial charge in [0.15, 0.2) is 5.82 Å². The number of nitrogens with one attached hydrogen (secondary N) is 2. The molecule has 1 aromatic rings. The molecule has 2 N–H and O–H groups in total. The lowest BCUT2D eigenvalue weighted by Crippen LogP contribution is -2.29. The van der Waals surface area contributed by atoms with Gasteiger partial charge < -0.3 is 9.84 Å². The van der Waals surface area contributed by atoms with E-state index in [0.29, 0.717) is 18.1 Å². The largest absolute Gasteiger partial charge is 0.360 e. The van der Waals surface area contributed by atoms with Crippen LogP contribution in [0.4, 0.5) is 10.6 Å². The molecule has 5 nitrogen and oxygen atoms in total. The van der Waals surface area contributed by atoms with Gasteiger partial charge in [-0.15, -0.1) is 0 Å². The predicted molar refractivity (Wildman–Crippen MR) is 56.7 cm³/mol. The van der Waals surface area contributed by atoms with Crippen molar-refractivity contribution < 1.29 is 9.32 Å². The number of aromatic nitrogens is 1. The van der Waals surface area contributed by atoms with E-state index in [9.17, 15) is 4.79 Å². The quantitative estimate of drug-likeness (QED) is 0.643. The fraction of sp³-hybridized carbons (Fsp3) is 0.500. The van der Waals surface area contributed by atoms with Gasteiger partial charge in [0, 0.05) is 17.9 Å². The van der Waals surface area contributed by atoms with Crippen LogP contribution in [0.1, 0.15) is 12.2 Å². The van der Waals surface area contributed by atoms with Crippen molar-refractivity contribution in [3.63, 3.8) is 0 Å². The Kier molecular flexibility index (Phi) is 4.45. The number of carbonyl (C=O) groups is 1. The van der Waals surface area contributed by atoms with Crippen molar-refractivity contribution in [1.82, 2.24) is 10.5 Å². The summed E-state index contributed by atoms with van der Waals surface area (Å²) in [6.07, 6.45) is 0.894. The lowest BCUT2D eigenvalue weighted by Gasteiger charge is -2.02. The van der Waals surface area contributed by atoms with Crippen LogP contribution in [0.2, 0.25) is 0 Å². The maximum absolute atomic E-state index is 11.2. The Morgan fingerprint density at radius 2 is 2.50 bits per heavy atom. The average molecular weight is 262 g/mol. The molecule has 2 amide bonds. The van der Waals surface area contributed by atoms with Gasteiger partial charge in [-0.2, -0.15) is 0 Å². The van der Waals surface area contributed by atoms with Gasteiger partial charge in [0.1, 0.15) is 5.76 Å². The zero-order valence-corrected chi connectivity index (χ0v) is 9.43.